The second kappa shape index (κ2) is 6.10. The average molecular weight is 428 g/mol. The third-order valence-electron chi connectivity index (χ3n) is 3.23. The maximum Gasteiger partial charge on any atom is 0.239 e. The van der Waals surface area contributed by atoms with Crippen LogP contribution in [0.15, 0.2) is 45.3 Å². The Morgan fingerprint density at radius 1 is 1.19 bits per heavy atom. The van der Waals surface area contributed by atoms with Crippen LogP contribution in [-0.2, 0) is 4.79 Å². The van der Waals surface area contributed by atoms with E-state index >= 15 is 0 Å². The Morgan fingerprint density at radius 2 is 1.86 bits per heavy atom. The molecule has 0 spiro atoms. The van der Waals surface area contributed by atoms with Crippen molar-refractivity contribution in [2.45, 2.75) is 12.3 Å². The second-order valence-corrected chi connectivity index (χ2v) is 7.48. The number of benzene rings is 1. The summed E-state index contributed by atoms with van der Waals surface area (Å²) in [6, 6.07) is 11.7. The highest BCUT2D eigenvalue weighted by Crippen LogP contribution is 2.46. The minimum Gasteiger partial charge on any atom is -0.279 e. The summed E-state index contributed by atoms with van der Waals surface area (Å²) in [5.41, 5.74) is 1.97. The summed E-state index contributed by atoms with van der Waals surface area (Å²) in [5.74, 6) is 1.26. The monoisotopic (exact) mass is 426 g/mol. The number of pyridine rings is 1. The Labute approximate surface area is 144 Å². The van der Waals surface area contributed by atoms with Crippen LogP contribution in [0.25, 0.3) is 0 Å². The molecule has 1 atom stereocenters. The molecule has 0 saturated carbocycles. The van der Waals surface area contributed by atoms with E-state index in [2.05, 4.69) is 36.8 Å². The predicted octanol–water partition coefficient (Wildman–Crippen LogP) is 4.69. The van der Waals surface area contributed by atoms with Gasteiger partial charge in [-0.2, -0.15) is 0 Å². The molecule has 0 N–H and O–H groups in total. The molecule has 1 fully saturated rings. The van der Waals surface area contributed by atoms with Gasteiger partial charge in [-0.05, 0) is 31.2 Å². The molecule has 0 radical (unpaired) electrons. The summed E-state index contributed by atoms with van der Waals surface area (Å²) < 4.78 is 1.98. The molecule has 0 bridgehead atoms. The van der Waals surface area contributed by atoms with Crippen molar-refractivity contribution < 1.29 is 4.79 Å². The molecule has 1 amide bonds. The number of hydrogen-bond acceptors (Lipinski definition) is 3. The van der Waals surface area contributed by atoms with Crippen LogP contribution >= 0.6 is 43.6 Å². The smallest absolute Gasteiger partial charge is 0.239 e. The van der Waals surface area contributed by atoms with Gasteiger partial charge in [0.05, 0.1) is 5.75 Å². The van der Waals surface area contributed by atoms with Gasteiger partial charge in [0.15, 0.2) is 0 Å². The molecule has 1 aliphatic rings. The number of nitrogens with zero attached hydrogens (tertiary/aromatic N) is 2. The zero-order valence-electron chi connectivity index (χ0n) is 11.2. The van der Waals surface area contributed by atoms with Gasteiger partial charge in [-0.15, -0.1) is 11.8 Å². The van der Waals surface area contributed by atoms with Gasteiger partial charge in [0.25, 0.3) is 0 Å². The van der Waals surface area contributed by atoms with E-state index in [0.717, 1.165) is 20.2 Å². The van der Waals surface area contributed by atoms with Crippen LogP contribution in [0.3, 0.4) is 0 Å². The predicted molar refractivity (Wildman–Crippen MR) is 93.5 cm³/mol. The third kappa shape index (κ3) is 2.89. The minimum atomic E-state index is -0.0725. The fourth-order valence-corrected chi connectivity index (χ4v) is 5.26. The molecular weight excluding hydrogens is 416 g/mol. The largest absolute Gasteiger partial charge is 0.279 e. The molecule has 108 valence electrons. The van der Waals surface area contributed by atoms with Crippen LogP contribution in [0.2, 0.25) is 0 Å². The lowest BCUT2D eigenvalue weighted by Gasteiger charge is -2.25. The lowest BCUT2D eigenvalue weighted by Crippen LogP contribution is -2.29. The minimum absolute atomic E-state index is 0.0725. The van der Waals surface area contributed by atoms with E-state index in [1.807, 2.05) is 43.3 Å². The molecule has 3 nitrogen and oxygen atoms in total. The zero-order chi connectivity index (χ0) is 15.0. The molecule has 1 saturated heterocycles. The van der Waals surface area contributed by atoms with Gasteiger partial charge in [0.2, 0.25) is 5.91 Å². The quantitative estimate of drug-likeness (QED) is 0.696. The SMILES string of the molecule is Cc1cccc(N2C(=O)CSC2c2c(Br)cccc2Br)n1. The standard InChI is InChI=1S/C15H12Br2N2OS/c1-9-4-2-7-12(18-9)19-13(20)8-21-15(19)14-10(16)5-3-6-11(14)17/h2-7,15H,8H2,1H3. The number of carbonyl (C=O) groups is 1. The van der Waals surface area contributed by atoms with E-state index in [0.29, 0.717) is 11.6 Å². The number of aromatic nitrogens is 1. The van der Waals surface area contributed by atoms with Crippen LogP contribution in [0.5, 0.6) is 0 Å². The van der Waals surface area contributed by atoms with Crippen LogP contribution in [0, 0.1) is 6.92 Å². The van der Waals surface area contributed by atoms with E-state index in [9.17, 15) is 4.79 Å². The van der Waals surface area contributed by atoms with Crippen molar-refractivity contribution in [1.29, 1.82) is 0 Å². The van der Waals surface area contributed by atoms with Crippen molar-refractivity contribution in [1.82, 2.24) is 4.98 Å². The molecule has 2 aromatic rings. The Morgan fingerprint density at radius 3 is 2.52 bits per heavy atom. The highest BCUT2D eigenvalue weighted by Gasteiger charge is 2.36. The summed E-state index contributed by atoms with van der Waals surface area (Å²) >= 11 is 8.80. The van der Waals surface area contributed by atoms with E-state index in [-0.39, 0.29) is 11.3 Å². The molecule has 1 unspecified atom stereocenters. The Bertz CT molecular complexity index is 688. The van der Waals surface area contributed by atoms with Gasteiger partial charge in [0.1, 0.15) is 11.2 Å². The summed E-state index contributed by atoms with van der Waals surface area (Å²) in [7, 11) is 0. The van der Waals surface area contributed by atoms with Gasteiger partial charge in [0, 0.05) is 20.2 Å². The van der Waals surface area contributed by atoms with Crippen molar-refractivity contribution in [2.75, 3.05) is 10.7 Å². The fraction of sp³-hybridized carbons (Fsp3) is 0.200. The number of halogens is 2. The number of aryl methyl sites for hydroxylation is 1. The first-order chi connectivity index (χ1) is 10.1. The van der Waals surface area contributed by atoms with E-state index in [4.69, 9.17) is 0 Å². The number of amides is 1. The molecule has 1 aliphatic heterocycles. The Kier molecular flexibility index (Phi) is 4.38. The van der Waals surface area contributed by atoms with Crippen molar-refractivity contribution in [2.24, 2.45) is 0 Å². The third-order valence-corrected chi connectivity index (χ3v) is 5.79. The van der Waals surface area contributed by atoms with Crippen molar-refractivity contribution in [3.63, 3.8) is 0 Å². The molecule has 3 rings (SSSR count). The number of rotatable bonds is 2. The summed E-state index contributed by atoms with van der Waals surface area (Å²) in [4.78, 5) is 18.6. The molecular formula is C15H12Br2N2OS. The van der Waals surface area contributed by atoms with E-state index in [1.165, 1.54) is 0 Å². The van der Waals surface area contributed by atoms with Gasteiger partial charge in [-0.1, -0.05) is 44.0 Å². The maximum atomic E-state index is 12.3. The van der Waals surface area contributed by atoms with Crippen LogP contribution in [-0.4, -0.2) is 16.6 Å². The topological polar surface area (TPSA) is 33.2 Å². The first-order valence-corrected chi connectivity index (χ1v) is 9.02. The number of carbonyl (C=O) groups excluding carboxylic acids is 1. The van der Waals surface area contributed by atoms with Gasteiger partial charge < -0.3 is 0 Å². The lowest BCUT2D eigenvalue weighted by atomic mass is 10.2. The van der Waals surface area contributed by atoms with Gasteiger partial charge in [-0.3, -0.25) is 9.69 Å². The van der Waals surface area contributed by atoms with Crippen molar-refractivity contribution in [3.8, 4) is 0 Å². The van der Waals surface area contributed by atoms with Crippen LogP contribution < -0.4 is 4.90 Å². The van der Waals surface area contributed by atoms with E-state index in [1.54, 1.807) is 16.7 Å². The number of thioether (sulfide) groups is 1. The van der Waals surface area contributed by atoms with Crippen LogP contribution in [0.1, 0.15) is 16.6 Å². The molecule has 21 heavy (non-hydrogen) atoms. The summed E-state index contributed by atoms with van der Waals surface area (Å²) in [5, 5.41) is -0.0725. The maximum absolute atomic E-state index is 12.3. The highest BCUT2D eigenvalue weighted by molar-refractivity contribution is 9.11. The van der Waals surface area contributed by atoms with E-state index < -0.39 is 0 Å². The molecule has 2 heterocycles. The first-order valence-electron chi connectivity index (χ1n) is 6.39. The molecule has 0 aliphatic carbocycles. The number of anilines is 1. The van der Waals surface area contributed by atoms with Gasteiger partial charge >= 0.3 is 0 Å². The zero-order valence-corrected chi connectivity index (χ0v) is 15.2. The van der Waals surface area contributed by atoms with Gasteiger partial charge in [-0.25, -0.2) is 4.98 Å². The second-order valence-electron chi connectivity index (χ2n) is 4.70. The Balaban J connectivity index is 2.08. The molecule has 1 aromatic carbocycles. The summed E-state index contributed by atoms with van der Waals surface area (Å²) in [6.45, 7) is 1.93. The highest BCUT2D eigenvalue weighted by atomic mass is 79.9. The first kappa shape index (κ1) is 15.1. The van der Waals surface area contributed by atoms with Crippen molar-refractivity contribution >= 4 is 55.3 Å². The number of hydrogen-bond donors (Lipinski definition) is 0. The average Bonchev–Trinajstić information content (AvgIpc) is 2.80. The fourth-order valence-electron chi connectivity index (χ4n) is 2.29. The van der Waals surface area contributed by atoms with Crippen LogP contribution in [0.4, 0.5) is 5.82 Å². The molecule has 1 aromatic heterocycles. The normalized spacial score (nSPS) is 18.3. The molecule has 6 heteroatoms. The summed E-state index contributed by atoms with van der Waals surface area (Å²) in [6.07, 6.45) is 0. The lowest BCUT2D eigenvalue weighted by molar-refractivity contribution is -0.115. The van der Waals surface area contributed by atoms with Crippen molar-refractivity contribution in [3.05, 3.63) is 56.6 Å². The Hall–Kier alpha value is -0.850.